The summed E-state index contributed by atoms with van der Waals surface area (Å²) in [7, 11) is 2.62. The topological polar surface area (TPSA) is 104 Å². The molecule has 0 N–H and O–H groups in total. The zero-order valence-corrected chi connectivity index (χ0v) is 19.2. The highest BCUT2D eigenvalue weighted by atomic mass is 16.5. The van der Waals surface area contributed by atoms with Gasteiger partial charge in [0.05, 0.1) is 59.5 Å². The number of hydrogen-bond acceptors (Lipinski definition) is 8. The van der Waals surface area contributed by atoms with Crippen molar-refractivity contribution in [3.05, 3.63) is 83.2 Å². The molecule has 0 aromatic carbocycles. The minimum absolute atomic E-state index is 0.284. The number of pyridine rings is 4. The molecular weight excluding hydrogens is 432 g/mol. The molecular formula is C26H22N4O4. The molecule has 4 aromatic heterocycles. The van der Waals surface area contributed by atoms with E-state index in [2.05, 4.69) is 9.97 Å². The predicted octanol–water partition coefficient (Wildman–Crippen LogP) is 4.46. The SMILES string of the molecule is COC(=O)c1cc(-c2cc(C)ccn2)nc(-c2cc(C(=O)OC)cc(-c3cc(C)ccn3)n2)c1. The van der Waals surface area contributed by atoms with Crippen LogP contribution in [-0.4, -0.2) is 46.1 Å². The molecule has 0 fully saturated rings. The molecule has 8 heteroatoms. The first-order valence-corrected chi connectivity index (χ1v) is 10.4. The van der Waals surface area contributed by atoms with Gasteiger partial charge in [0, 0.05) is 12.4 Å². The molecule has 0 amide bonds. The summed E-state index contributed by atoms with van der Waals surface area (Å²) in [5.41, 5.74) is 5.45. The average Bonchev–Trinajstić information content (AvgIpc) is 2.87. The van der Waals surface area contributed by atoms with E-state index in [1.807, 2.05) is 38.1 Å². The van der Waals surface area contributed by atoms with Crippen LogP contribution in [0.5, 0.6) is 0 Å². The number of aryl methyl sites for hydroxylation is 2. The summed E-state index contributed by atoms with van der Waals surface area (Å²) in [6.07, 6.45) is 3.35. The summed E-state index contributed by atoms with van der Waals surface area (Å²) in [6.45, 7) is 3.89. The molecule has 4 aromatic rings. The van der Waals surface area contributed by atoms with Gasteiger partial charge in [-0.2, -0.15) is 0 Å². The van der Waals surface area contributed by atoms with E-state index in [0.717, 1.165) is 11.1 Å². The van der Waals surface area contributed by atoms with Crippen molar-refractivity contribution in [2.75, 3.05) is 14.2 Å². The van der Waals surface area contributed by atoms with Crippen molar-refractivity contribution in [1.82, 2.24) is 19.9 Å². The number of aromatic nitrogens is 4. The molecule has 0 aliphatic heterocycles. The fourth-order valence-corrected chi connectivity index (χ4v) is 3.41. The number of carbonyl (C=O) groups is 2. The molecule has 0 spiro atoms. The fraction of sp³-hybridized carbons (Fsp3) is 0.154. The van der Waals surface area contributed by atoms with Gasteiger partial charge in [0.2, 0.25) is 0 Å². The van der Waals surface area contributed by atoms with Gasteiger partial charge in [-0.05, 0) is 73.5 Å². The van der Waals surface area contributed by atoms with Gasteiger partial charge in [-0.3, -0.25) is 9.97 Å². The van der Waals surface area contributed by atoms with Crippen molar-refractivity contribution in [1.29, 1.82) is 0 Å². The Labute approximate surface area is 196 Å². The van der Waals surface area contributed by atoms with Crippen molar-refractivity contribution in [3.63, 3.8) is 0 Å². The van der Waals surface area contributed by atoms with E-state index in [1.165, 1.54) is 14.2 Å². The Morgan fingerprint density at radius 1 is 0.588 bits per heavy atom. The van der Waals surface area contributed by atoms with Crippen LogP contribution in [0.25, 0.3) is 34.2 Å². The lowest BCUT2D eigenvalue weighted by molar-refractivity contribution is 0.0591. The Morgan fingerprint density at radius 3 is 1.26 bits per heavy atom. The quantitative estimate of drug-likeness (QED) is 0.407. The molecule has 34 heavy (non-hydrogen) atoms. The van der Waals surface area contributed by atoms with Crippen molar-refractivity contribution in [2.45, 2.75) is 13.8 Å². The second-order valence-corrected chi connectivity index (χ2v) is 7.67. The van der Waals surface area contributed by atoms with Gasteiger partial charge in [0.25, 0.3) is 0 Å². The molecule has 8 nitrogen and oxygen atoms in total. The number of rotatable bonds is 5. The van der Waals surface area contributed by atoms with E-state index in [1.54, 1.807) is 36.7 Å². The summed E-state index contributed by atoms with van der Waals surface area (Å²) in [6, 6.07) is 13.9. The number of esters is 2. The average molecular weight is 454 g/mol. The summed E-state index contributed by atoms with van der Waals surface area (Å²) in [5, 5.41) is 0. The monoisotopic (exact) mass is 454 g/mol. The largest absolute Gasteiger partial charge is 0.465 e. The van der Waals surface area contributed by atoms with E-state index < -0.39 is 11.9 Å². The maximum absolute atomic E-state index is 12.4. The molecule has 0 saturated heterocycles. The lowest BCUT2D eigenvalue weighted by atomic mass is 10.1. The number of carbonyl (C=O) groups excluding carboxylic acids is 2. The van der Waals surface area contributed by atoms with Gasteiger partial charge < -0.3 is 9.47 Å². The van der Waals surface area contributed by atoms with Crippen LogP contribution in [-0.2, 0) is 9.47 Å². The first-order valence-electron chi connectivity index (χ1n) is 10.4. The molecule has 170 valence electrons. The second kappa shape index (κ2) is 9.58. The van der Waals surface area contributed by atoms with Crippen LogP contribution < -0.4 is 0 Å². The molecule has 4 heterocycles. The maximum Gasteiger partial charge on any atom is 0.338 e. The minimum Gasteiger partial charge on any atom is -0.465 e. The van der Waals surface area contributed by atoms with Crippen LogP contribution in [0.1, 0.15) is 31.8 Å². The van der Waals surface area contributed by atoms with Crippen LogP contribution in [0.4, 0.5) is 0 Å². The smallest absolute Gasteiger partial charge is 0.338 e. The van der Waals surface area contributed by atoms with Gasteiger partial charge in [-0.15, -0.1) is 0 Å². The summed E-state index contributed by atoms with van der Waals surface area (Å²) < 4.78 is 9.87. The van der Waals surface area contributed by atoms with Crippen LogP contribution in [0.15, 0.2) is 60.9 Å². The second-order valence-electron chi connectivity index (χ2n) is 7.67. The molecule has 4 rings (SSSR count). The number of methoxy groups -OCH3 is 2. The van der Waals surface area contributed by atoms with Crippen molar-refractivity contribution >= 4 is 11.9 Å². The zero-order valence-electron chi connectivity index (χ0n) is 19.2. The summed E-state index contributed by atoms with van der Waals surface area (Å²) in [4.78, 5) is 43.0. The van der Waals surface area contributed by atoms with Gasteiger partial charge >= 0.3 is 11.9 Å². The minimum atomic E-state index is -0.526. The molecule has 0 saturated carbocycles. The van der Waals surface area contributed by atoms with E-state index in [4.69, 9.17) is 19.4 Å². The van der Waals surface area contributed by atoms with Crippen molar-refractivity contribution in [3.8, 4) is 34.2 Å². The van der Waals surface area contributed by atoms with Crippen LogP contribution in [0.2, 0.25) is 0 Å². The van der Waals surface area contributed by atoms with Gasteiger partial charge in [0.1, 0.15) is 0 Å². The van der Waals surface area contributed by atoms with Crippen LogP contribution in [0, 0.1) is 13.8 Å². The lowest BCUT2D eigenvalue weighted by Gasteiger charge is -2.11. The van der Waals surface area contributed by atoms with E-state index >= 15 is 0 Å². The fourth-order valence-electron chi connectivity index (χ4n) is 3.41. The Hall–Kier alpha value is -4.46. The third-order valence-electron chi connectivity index (χ3n) is 5.11. The van der Waals surface area contributed by atoms with Crippen LogP contribution in [0.3, 0.4) is 0 Å². The highest BCUT2D eigenvalue weighted by Crippen LogP contribution is 2.27. The highest BCUT2D eigenvalue weighted by molar-refractivity contribution is 5.93. The summed E-state index contributed by atoms with van der Waals surface area (Å²) in [5.74, 6) is -1.05. The van der Waals surface area contributed by atoms with Gasteiger partial charge in [-0.1, -0.05) is 0 Å². The first kappa shape index (κ1) is 22.7. The Bertz CT molecular complexity index is 1290. The Kier molecular flexibility index (Phi) is 6.40. The van der Waals surface area contributed by atoms with Crippen LogP contribution >= 0.6 is 0 Å². The highest BCUT2D eigenvalue weighted by Gasteiger charge is 2.18. The van der Waals surface area contributed by atoms with Gasteiger partial charge in [0.15, 0.2) is 0 Å². The maximum atomic E-state index is 12.4. The standard InChI is InChI=1S/C26H22N4O4/c1-15-5-7-27-19(9-15)21-11-17(25(31)33-3)13-23(29-21)24-14-18(26(32)34-4)12-22(30-24)20-10-16(2)6-8-28-20/h5-14H,1-4H3. The number of ether oxygens (including phenoxy) is 2. The van der Waals surface area contributed by atoms with E-state index in [9.17, 15) is 9.59 Å². The molecule has 0 unspecified atom stereocenters. The third kappa shape index (κ3) is 4.80. The normalized spacial score (nSPS) is 10.6. The lowest BCUT2D eigenvalue weighted by Crippen LogP contribution is -2.06. The molecule has 0 aliphatic carbocycles. The number of nitrogens with zero attached hydrogens (tertiary/aromatic N) is 4. The molecule has 0 radical (unpaired) electrons. The van der Waals surface area contributed by atoms with E-state index in [0.29, 0.717) is 34.2 Å². The molecule has 0 atom stereocenters. The zero-order chi connectivity index (χ0) is 24.2. The first-order chi connectivity index (χ1) is 16.4. The van der Waals surface area contributed by atoms with Gasteiger partial charge in [-0.25, -0.2) is 19.6 Å². The Balaban J connectivity index is 1.95. The molecule has 0 aliphatic rings. The van der Waals surface area contributed by atoms with Crippen molar-refractivity contribution < 1.29 is 19.1 Å². The van der Waals surface area contributed by atoms with E-state index in [-0.39, 0.29) is 11.1 Å². The Morgan fingerprint density at radius 2 is 0.941 bits per heavy atom. The summed E-state index contributed by atoms with van der Waals surface area (Å²) >= 11 is 0. The number of hydrogen-bond donors (Lipinski definition) is 0. The third-order valence-corrected chi connectivity index (χ3v) is 5.11. The van der Waals surface area contributed by atoms with Crippen molar-refractivity contribution in [2.24, 2.45) is 0 Å². The molecule has 0 bridgehead atoms. The predicted molar refractivity (Wildman–Crippen MR) is 126 cm³/mol.